The van der Waals surface area contributed by atoms with Crippen LogP contribution in [0.15, 0.2) is 0 Å². The molecule has 1 aliphatic carbocycles. The summed E-state index contributed by atoms with van der Waals surface area (Å²) in [7, 11) is 0. The van der Waals surface area contributed by atoms with Crippen LogP contribution < -0.4 is 0 Å². The largest absolute Gasteiger partial charge is 0.396 e. The highest BCUT2D eigenvalue weighted by Crippen LogP contribution is 2.46. The first-order chi connectivity index (χ1) is 4.17. The monoisotopic (exact) mass is 127 g/mol. The Kier molecular flexibility index (Phi) is 1.80. The lowest BCUT2D eigenvalue weighted by Gasteiger charge is -2.44. The Morgan fingerprint density at radius 3 is 2.44 bits per heavy atom. The summed E-state index contributed by atoms with van der Waals surface area (Å²) in [5.41, 5.74) is 0.405. The van der Waals surface area contributed by atoms with Crippen molar-refractivity contribution >= 4 is 0 Å². The lowest BCUT2D eigenvalue weighted by atomic mass is 9.61. The van der Waals surface area contributed by atoms with Crippen molar-refractivity contribution in [1.29, 1.82) is 0 Å². The van der Waals surface area contributed by atoms with Gasteiger partial charge in [-0.15, -0.1) is 0 Å². The highest BCUT2D eigenvalue weighted by Gasteiger charge is 2.37. The van der Waals surface area contributed by atoms with Gasteiger partial charge in [-0.2, -0.15) is 0 Å². The van der Waals surface area contributed by atoms with E-state index in [0.717, 1.165) is 12.3 Å². The summed E-state index contributed by atoms with van der Waals surface area (Å²) in [5.74, 6) is 0.738. The zero-order chi connectivity index (χ0) is 6.91. The molecular formula is C8H15O. The second-order valence-electron chi connectivity index (χ2n) is 3.47. The number of hydrogen-bond acceptors (Lipinski definition) is 1. The van der Waals surface area contributed by atoms with Crippen molar-refractivity contribution in [3.63, 3.8) is 0 Å². The third-order valence-corrected chi connectivity index (χ3v) is 2.46. The molecule has 0 aromatic heterocycles. The molecule has 1 fully saturated rings. The van der Waals surface area contributed by atoms with Gasteiger partial charge >= 0.3 is 0 Å². The maximum atomic E-state index is 8.62. The van der Waals surface area contributed by atoms with E-state index in [2.05, 4.69) is 20.3 Å². The van der Waals surface area contributed by atoms with Crippen molar-refractivity contribution in [2.24, 2.45) is 11.3 Å². The van der Waals surface area contributed by atoms with Gasteiger partial charge in [-0.3, -0.25) is 0 Å². The molecule has 1 atom stereocenters. The molecule has 0 bridgehead atoms. The summed E-state index contributed by atoms with van der Waals surface area (Å²) in [6.45, 7) is 4.82. The van der Waals surface area contributed by atoms with Crippen molar-refractivity contribution in [2.75, 3.05) is 6.61 Å². The van der Waals surface area contributed by atoms with Crippen LogP contribution in [0.2, 0.25) is 0 Å². The van der Waals surface area contributed by atoms with Crippen LogP contribution in [0.1, 0.15) is 26.7 Å². The second kappa shape index (κ2) is 2.30. The summed E-state index contributed by atoms with van der Waals surface area (Å²) in [4.78, 5) is 0. The molecule has 0 spiro atoms. The van der Waals surface area contributed by atoms with Gasteiger partial charge < -0.3 is 5.11 Å². The highest BCUT2D eigenvalue weighted by atomic mass is 16.3. The molecule has 0 saturated heterocycles. The van der Waals surface area contributed by atoms with Crippen LogP contribution >= 0.6 is 0 Å². The van der Waals surface area contributed by atoms with Gasteiger partial charge in [0.25, 0.3) is 0 Å². The number of aliphatic hydroxyl groups excluding tert-OH is 1. The summed E-state index contributed by atoms with van der Waals surface area (Å²) < 4.78 is 0. The summed E-state index contributed by atoms with van der Waals surface area (Å²) in [5, 5.41) is 8.62. The predicted octanol–water partition coefficient (Wildman–Crippen LogP) is 1.62. The predicted molar refractivity (Wildman–Crippen MR) is 37.9 cm³/mol. The standard InChI is InChI=1S/C8H15O/c1-8(2)5-3-7(8)4-6-9/h5,7,9H,3-4,6H2,1-2H3/t7-/m0/s1. The normalized spacial score (nSPS) is 31.7. The van der Waals surface area contributed by atoms with Gasteiger partial charge in [-0.25, -0.2) is 0 Å². The zero-order valence-electron chi connectivity index (χ0n) is 6.22. The molecule has 9 heavy (non-hydrogen) atoms. The fraction of sp³-hybridized carbons (Fsp3) is 0.875. The molecule has 0 unspecified atom stereocenters. The van der Waals surface area contributed by atoms with Crippen LogP contribution in [0.25, 0.3) is 0 Å². The van der Waals surface area contributed by atoms with Crippen molar-refractivity contribution in [3.8, 4) is 0 Å². The van der Waals surface area contributed by atoms with E-state index in [1.165, 1.54) is 6.42 Å². The van der Waals surface area contributed by atoms with Crippen LogP contribution in [0.5, 0.6) is 0 Å². The van der Waals surface area contributed by atoms with E-state index in [-0.39, 0.29) is 0 Å². The molecule has 0 aromatic carbocycles. The molecule has 0 amide bonds. The molecule has 1 radical (unpaired) electrons. The lowest BCUT2D eigenvalue weighted by molar-refractivity contribution is 0.116. The average molecular weight is 127 g/mol. The Bertz CT molecular complexity index is 96.7. The molecule has 0 heterocycles. The molecule has 1 saturated carbocycles. The van der Waals surface area contributed by atoms with E-state index in [0.29, 0.717) is 12.0 Å². The van der Waals surface area contributed by atoms with Crippen molar-refractivity contribution in [1.82, 2.24) is 0 Å². The summed E-state index contributed by atoms with van der Waals surface area (Å²) in [6, 6.07) is 0. The topological polar surface area (TPSA) is 20.2 Å². The maximum absolute atomic E-state index is 8.62. The van der Waals surface area contributed by atoms with Crippen LogP contribution in [0, 0.1) is 17.8 Å². The minimum atomic E-state index is 0.349. The van der Waals surface area contributed by atoms with Crippen molar-refractivity contribution in [3.05, 3.63) is 6.42 Å². The molecule has 53 valence electrons. The minimum Gasteiger partial charge on any atom is -0.396 e. The third kappa shape index (κ3) is 1.26. The summed E-state index contributed by atoms with van der Waals surface area (Å²) >= 11 is 0. The molecule has 1 aliphatic rings. The Morgan fingerprint density at radius 1 is 1.67 bits per heavy atom. The molecule has 1 rings (SSSR count). The summed E-state index contributed by atoms with van der Waals surface area (Å²) in [6.07, 6.45) is 4.50. The average Bonchev–Trinajstić information content (AvgIpc) is 1.81. The fourth-order valence-corrected chi connectivity index (χ4v) is 1.40. The molecular weight excluding hydrogens is 112 g/mol. The van der Waals surface area contributed by atoms with Gasteiger partial charge in [0, 0.05) is 6.61 Å². The van der Waals surface area contributed by atoms with Crippen LogP contribution in [-0.4, -0.2) is 11.7 Å². The third-order valence-electron chi connectivity index (χ3n) is 2.46. The highest BCUT2D eigenvalue weighted by molar-refractivity contribution is 5.02. The number of aliphatic hydroxyl groups is 1. The SMILES string of the molecule is CC1(C)[CH]C[C@H]1CCO. The van der Waals surface area contributed by atoms with Gasteiger partial charge in [0.2, 0.25) is 0 Å². The van der Waals surface area contributed by atoms with Gasteiger partial charge in [0.05, 0.1) is 0 Å². The second-order valence-corrected chi connectivity index (χ2v) is 3.47. The lowest BCUT2D eigenvalue weighted by Crippen LogP contribution is -2.35. The molecule has 1 heteroatoms. The first-order valence-electron chi connectivity index (χ1n) is 3.62. The van der Waals surface area contributed by atoms with Crippen molar-refractivity contribution < 1.29 is 5.11 Å². The van der Waals surface area contributed by atoms with E-state index in [4.69, 9.17) is 5.11 Å². The first-order valence-corrected chi connectivity index (χ1v) is 3.62. The molecule has 1 N–H and O–H groups in total. The van der Waals surface area contributed by atoms with E-state index in [1.54, 1.807) is 0 Å². The van der Waals surface area contributed by atoms with Crippen LogP contribution in [0.4, 0.5) is 0 Å². The van der Waals surface area contributed by atoms with Crippen LogP contribution in [0.3, 0.4) is 0 Å². The Labute approximate surface area is 57.1 Å². The number of rotatable bonds is 2. The molecule has 0 aromatic rings. The quantitative estimate of drug-likeness (QED) is 0.597. The minimum absolute atomic E-state index is 0.349. The Balaban J connectivity index is 2.28. The fourth-order valence-electron chi connectivity index (χ4n) is 1.40. The van der Waals surface area contributed by atoms with E-state index < -0.39 is 0 Å². The maximum Gasteiger partial charge on any atom is 0.0433 e. The van der Waals surface area contributed by atoms with E-state index in [1.807, 2.05) is 0 Å². The number of hydrogen-bond donors (Lipinski definition) is 1. The zero-order valence-corrected chi connectivity index (χ0v) is 6.22. The van der Waals surface area contributed by atoms with Gasteiger partial charge in [-0.05, 0) is 30.6 Å². The Hall–Kier alpha value is -0.0400. The van der Waals surface area contributed by atoms with Crippen LogP contribution in [-0.2, 0) is 0 Å². The van der Waals surface area contributed by atoms with Gasteiger partial charge in [0.15, 0.2) is 0 Å². The molecule has 0 aliphatic heterocycles. The van der Waals surface area contributed by atoms with Crippen molar-refractivity contribution in [2.45, 2.75) is 26.7 Å². The van der Waals surface area contributed by atoms with E-state index >= 15 is 0 Å². The molecule has 1 nitrogen and oxygen atoms in total. The Morgan fingerprint density at radius 2 is 2.33 bits per heavy atom. The van der Waals surface area contributed by atoms with E-state index in [9.17, 15) is 0 Å². The first kappa shape index (κ1) is 7.07. The van der Waals surface area contributed by atoms with Gasteiger partial charge in [-0.1, -0.05) is 13.8 Å². The van der Waals surface area contributed by atoms with Gasteiger partial charge in [0.1, 0.15) is 0 Å². The smallest absolute Gasteiger partial charge is 0.0433 e.